The minimum absolute atomic E-state index is 0.276. The third-order valence-corrected chi connectivity index (χ3v) is 2.56. The summed E-state index contributed by atoms with van der Waals surface area (Å²) in [4.78, 5) is 0. The topological polar surface area (TPSA) is 49.7 Å². The Bertz CT molecular complexity index is 233. The second kappa shape index (κ2) is 4.25. The molecule has 0 fully saturated rings. The zero-order valence-electron chi connectivity index (χ0n) is 6.52. The van der Waals surface area contributed by atoms with Crippen LogP contribution < -0.4 is 0 Å². The van der Waals surface area contributed by atoms with Gasteiger partial charge in [0.15, 0.2) is 0 Å². The Hall–Kier alpha value is -0.680. The standard InChI is InChI=1S/C6H12N2O2S/c1-4-6-8(5-2)11(9,10)7-3/h4H,1,3,5-6H2,2H3. The van der Waals surface area contributed by atoms with Crippen LogP contribution in [0.15, 0.2) is 17.1 Å². The van der Waals surface area contributed by atoms with Crippen molar-refractivity contribution in [2.75, 3.05) is 13.1 Å². The molecule has 5 heteroatoms. The van der Waals surface area contributed by atoms with Crippen molar-refractivity contribution in [1.29, 1.82) is 0 Å². The van der Waals surface area contributed by atoms with Crippen LogP contribution in [0.1, 0.15) is 6.92 Å². The smallest absolute Gasteiger partial charge is 0.187 e. The lowest BCUT2D eigenvalue weighted by molar-refractivity contribution is 0.461. The first-order valence-electron chi connectivity index (χ1n) is 3.17. The summed E-state index contributed by atoms with van der Waals surface area (Å²) < 4.78 is 26.1. The molecule has 0 radical (unpaired) electrons. The summed E-state index contributed by atoms with van der Waals surface area (Å²) in [6.45, 7) is 8.78. The summed E-state index contributed by atoms with van der Waals surface area (Å²) >= 11 is 0. The molecule has 0 amide bonds. The van der Waals surface area contributed by atoms with Crippen molar-refractivity contribution in [3.05, 3.63) is 12.7 Å². The van der Waals surface area contributed by atoms with E-state index in [1.807, 2.05) is 0 Å². The lowest BCUT2D eigenvalue weighted by atomic mass is 10.6. The summed E-state index contributed by atoms with van der Waals surface area (Å²) in [5.41, 5.74) is 0. The molecule has 0 saturated carbocycles. The van der Waals surface area contributed by atoms with E-state index < -0.39 is 10.2 Å². The van der Waals surface area contributed by atoms with Crippen molar-refractivity contribution < 1.29 is 8.42 Å². The van der Waals surface area contributed by atoms with E-state index in [0.717, 1.165) is 0 Å². The van der Waals surface area contributed by atoms with Gasteiger partial charge in [0.25, 0.3) is 0 Å². The molecule has 0 bridgehead atoms. The van der Waals surface area contributed by atoms with Crippen molar-refractivity contribution in [2.24, 2.45) is 4.40 Å². The van der Waals surface area contributed by atoms with E-state index in [1.54, 1.807) is 6.92 Å². The normalized spacial score (nSPS) is 11.5. The fraction of sp³-hybridized carbons (Fsp3) is 0.500. The first-order chi connectivity index (χ1) is 5.08. The van der Waals surface area contributed by atoms with Gasteiger partial charge in [-0.2, -0.15) is 17.1 Å². The molecule has 0 spiro atoms. The molecular formula is C6H12N2O2S. The lowest BCUT2D eigenvalue weighted by Crippen LogP contribution is -2.28. The molecule has 0 aliphatic carbocycles. The first-order valence-corrected chi connectivity index (χ1v) is 4.57. The molecule has 11 heavy (non-hydrogen) atoms. The van der Waals surface area contributed by atoms with Crippen LogP contribution in [0.5, 0.6) is 0 Å². The molecule has 0 rings (SSSR count). The van der Waals surface area contributed by atoms with Crippen molar-refractivity contribution in [3.8, 4) is 0 Å². The highest BCUT2D eigenvalue weighted by molar-refractivity contribution is 7.87. The molecule has 0 unspecified atom stereocenters. The Morgan fingerprint density at radius 3 is 2.45 bits per heavy atom. The predicted octanol–water partition coefficient (Wildman–Crippen LogP) is 0.440. The minimum Gasteiger partial charge on any atom is -0.187 e. The van der Waals surface area contributed by atoms with Crippen LogP contribution in [-0.4, -0.2) is 32.5 Å². The predicted molar refractivity (Wildman–Crippen MR) is 45.9 cm³/mol. The van der Waals surface area contributed by atoms with Crippen LogP contribution in [0.25, 0.3) is 0 Å². The summed E-state index contributed by atoms with van der Waals surface area (Å²) in [6.07, 6.45) is 1.51. The van der Waals surface area contributed by atoms with Crippen LogP contribution in [0.4, 0.5) is 0 Å². The highest BCUT2D eigenvalue weighted by Crippen LogP contribution is 2.00. The molecule has 0 saturated heterocycles. The van der Waals surface area contributed by atoms with E-state index in [9.17, 15) is 8.42 Å². The van der Waals surface area contributed by atoms with Gasteiger partial charge in [-0.25, -0.2) is 0 Å². The van der Waals surface area contributed by atoms with Crippen LogP contribution in [0, 0.1) is 0 Å². The van der Waals surface area contributed by atoms with Gasteiger partial charge in [0.05, 0.1) is 0 Å². The van der Waals surface area contributed by atoms with E-state index in [4.69, 9.17) is 0 Å². The first kappa shape index (κ1) is 10.3. The zero-order chi connectivity index (χ0) is 8.91. The zero-order valence-corrected chi connectivity index (χ0v) is 7.34. The Balaban J connectivity index is 4.49. The Kier molecular flexibility index (Phi) is 3.99. The van der Waals surface area contributed by atoms with Crippen molar-refractivity contribution in [2.45, 2.75) is 6.92 Å². The fourth-order valence-corrected chi connectivity index (χ4v) is 1.40. The van der Waals surface area contributed by atoms with Crippen molar-refractivity contribution >= 4 is 16.9 Å². The van der Waals surface area contributed by atoms with E-state index in [0.29, 0.717) is 6.54 Å². The SMILES string of the molecule is C=CCN(CC)S(=O)(=O)N=C. The maximum absolute atomic E-state index is 11.0. The van der Waals surface area contributed by atoms with E-state index >= 15 is 0 Å². The van der Waals surface area contributed by atoms with Crippen molar-refractivity contribution in [3.63, 3.8) is 0 Å². The molecule has 0 atom stereocenters. The number of hydrogen-bond acceptors (Lipinski definition) is 2. The monoisotopic (exact) mass is 176 g/mol. The van der Waals surface area contributed by atoms with Crippen LogP contribution >= 0.6 is 0 Å². The summed E-state index contributed by atoms with van der Waals surface area (Å²) in [7, 11) is -3.50. The van der Waals surface area contributed by atoms with E-state index in [1.165, 1.54) is 10.4 Å². The van der Waals surface area contributed by atoms with Gasteiger partial charge >= 0.3 is 10.2 Å². The maximum Gasteiger partial charge on any atom is 0.321 e. The molecule has 0 aromatic carbocycles. The van der Waals surface area contributed by atoms with Crippen LogP contribution in [0.2, 0.25) is 0 Å². The van der Waals surface area contributed by atoms with Gasteiger partial charge in [0.2, 0.25) is 0 Å². The second-order valence-electron chi connectivity index (χ2n) is 1.85. The highest BCUT2D eigenvalue weighted by Gasteiger charge is 2.15. The van der Waals surface area contributed by atoms with E-state index in [2.05, 4.69) is 17.7 Å². The second-order valence-corrected chi connectivity index (χ2v) is 3.52. The molecule has 0 aliphatic heterocycles. The van der Waals surface area contributed by atoms with Gasteiger partial charge in [-0.1, -0.05) is 13.0 Å². The van der Waals surface area contributed by atoms with Gasteiger partial charge in [-0.15, -0.1) is 6.58 Å². The Labute approximate surface area is 67.4 Å². The third kappa shape index (κ3) is 2.81. The molecule has 0 heterocycles. The largest absolute Gasteiger partial charge is 0.321 e. The molecule has 0 N–H and O–H groups in total. The van der Waals surface area contributed by atoms with Gasteiger partial charge in [0.1, 0.15) is 0 Å². The Morgan fingerprint density at radius 1 is 1.64 bits per heavy atom. The van der Waals surface area contributed by atoms with Crippen LogP contribution in [0.3, 0.4) is 0 Å². The van der Waals surface area contributed by atoms with Gasteiger partial charge in [-0.05, 0) is 0 Å². The van der Waals surface area contributed by atoms with Gasteiger partial charge in [-0.3, -0.25) is 0 Å². The molecule has 0 aromatic rings. The number of rotatable bonds is 5. The number of likely N-dealkylation sites (N-methyl/N-ethyl adjacent to an activating group) is 1. The molecule has 4 nitrogen and oxygen atoms in total. The van der Waals surface area contributed by atoms with Gasteiger partial charge in [0, 0.05) is 19.8 Å². The minimum atomic E-state index is -3.50. The molecule has 0 aliphatic rings. The Morgan fingerprint density at radius 2 is 2.18 bits per heavy atom. The summed E-state index contributed by atoms with van der Waals surface area (Å²) in [6, 6.07) is 0. The van der Waals surface area contributed by atoms with E-state index in [-0.39, 0.29) is 6.54 Å². The lowest BCUT2D eigenvalue weighted by Gasteiger charge is -2.13. The van der Waals surface area contributed by atoms with Crippen molar-refractivity contribution in [1.82, 2.24) is 4.31 Å². The summed E-state index contributed by atoms with van der Waals surface area (Å²) in [5.74, 6) is 0. The number of hydrogen-bond donors (Lipinski definition) is 0. The maximum atomic E-state index is 11.0. The average molecular weight is 176 g/mol. The highest BCUT2D eigenvalue weighted by atomic mass is 32.2. The summed E-state index contributed by atoms with van der Waals surface area (Å²) in [5, 5.41) is 0. The van der Waals surface area contributed by atoms with Crippen LogP contribution in [-0.2, 0) is 10.2 Å². The fourth-order valence-electron chi connectivity index (χ4n) is 0.612. The van der Waals surface area contributed by atoms with Gasteiger partial charge < -0.3 is 0 Å². The molecule has 64 valence electrons. The molecule has 0 aromatic heterocycles. The third-order valence-electron chi connectivity index (χ3n) is 1.17. The molecular weight excluding hydrogens is 164 g/mol. The quantitative estimate of drug-likeness (QED) is 0.451. The number of nitrogens with zero attached hydrogens (tertiary/aromatic N) is 2. The average Bonchev–Trinajstić information content (AvgIpc) is 2.00.